The van der Waals surface area contributed by atoms with Crippen LogP contribution >= 0.6 is 91.4 Å². The van der Waals surface area contributed by atoms with E-state index in [1.165, 1.54) is 31.1 Å². The van der Waals surface area contributed by atoms with Gasteiger partial charge in [-0.3, -0.25) is 4.79 Å². The van der Waals surface area contributed by atoms with E-state index in [-0.39, 0.29) is 4.06 Å². The van der Waals surface area contributed by atoms with Crippen molar-refractivity contribution >= 4 is 91.4 Å². The molecule has 0 N–H and O–H groups in total. The molecule has 0 saturated carbocycles. The molecule has 0 aliphatic rings. The topological polar surface area (TPSA) is 17.1 Å². The van der Waals surface area contributed by atoms with Crippen molar-refractivity contribution in [2.24, 2.45) is 0 Å². The summed E-state index contributed by atoms with van der Waals surface area (Å²) in [4.78, 5) is 11.2. The average Bonchev–Trinajstić information content (AvgIpc) is 2.52. The second-order valence-electron chi connectivity index (χ2n) is 2.10. The molecule has 14 heavy (non-hydrogen) atoms. The molecule has 0 atom stereocenters. The van der Waals surface area contributed by atoms with Gasteiger partial charge in [0.25, 0.3) is 4.06 Å². The highest BCUT2D eigenvalue weighted by molar-refractivity contribution is 14.1. The van der Waals surface area contributed by atoms with Crippen LogP contribution in [0.15, 0.2) is 13.2 Å². The Bertz CT molecular complexity index is 293. The molecule has 0 aliphatic heterocycles. The molecule has 0 fully saturated rings. The zero-order chi connectivity index (χ0) is 10.4. The van der Waals surface area contributed by atoms with Crippen molar-refractivity contribution in [1.29, 1.82) is 0 Å². The Morgan fingerprint density at radius 2 is 1.43 bits per heavy atom. The smallest absolute Gasteiger partial charge is 0.265 e. The lowest BCUT2D eigenvalue weighted by atomic mass is 11.0. The molecule has 0 aromatic carbocycles. The molecule has 1 rings (SSSR count). The lowest BCUT2D eigenvalue weighted by Gasteiger charge is -1.98. The fraction of sp³-hybridized carbons (Fsp3) is 0.571. The van der Waals surface area contributed by atoms with Crippen molar-refractivity contribution in [2.45, 2.75) is 8.42 Å². The third kappa shape index (κ3) is 4.89. The van der Waals surface area contributed by atoms with E-state index in [1.54, 1.807) is 0 Å². The van der Waals surface area contributed by atoms with E-state index >= 15 is 0 Å². The first kappa shape index (κ1) is 14.1. The normalized spacial score (nSPS) is 10.7. The average molecular weight is 490 g/mol. The van der Waals surface area contributed by atoms with Crippen LogP contribution in [0, 0.1) is 0 Å². The molecule has 0 unspecified atom stereocenters. The number of alkyl halides is 2. The Balaban J connectivity index is 2.64. The Hall–Kier alpha value is 2.01. The first-order chi connectivity index (χ1) is 6.77. The van der Waals surface area contributed by atoms with Crippen LogP contribution in [0.25, 0.3) is 0 Å². The van der Waals surface area contributed by atoms with Crippen molar-refractivity contribution in [3.63, 3.8) is 0 Å². The Kier molecular flexibility index (Phi) is 8.19. The van der Waals surface area contributed by atoms with Gasteiger partial charge in [0.2, 0.25) is 0 Å². The molecule has 0 aliphatic carbocycles. The maximum atomic E-state index is 11.2. The molecule has 1 heterocycles. The number of thioether (sulfide) groups is 2. The van der Waals surface area contributed by atoms with Crippen LogP contribution in [0.4, 0.5) is 0 Å². The van der Waals surface area contributed by atoms with Gasteiger partial charge in [0.15, 0.2) is 0 Å². The van der Waals surface area contributed by atoms with Gasteiger partial charge >= 0.3 is 0 Å². The molecule has 1 aromatic heterocycles. The van der Waals surface area contributed by atoms with Gasteiger partial charge in [-0.1, -0.05) is 67.9 Å². The molecule has 0 amide bonds. The summed E-state index contributed by atoms with van der Waals surface area (Å²) in [6.07, 6.45) is 0. The van der Waals surface area contributed by atoms with Crippen LogP contribution in [0.3, 0.4) is 0 Å². The maximum Gasteiger partial charge on any atom is 0.289 e. The first-order valence-corrected chi connectivity index (χ1v) is 10.4. The predicted molar refractivity (Wildman–Crippen MR) is 87.7 cm³/mol. The second kappa shape index (κ2) is 8.15. The van der Waals surface area contributed by atoms with Crippen LogP contribution in [0.2, 0.25) is 0 Å². The Morgan fingerprint density at radius 1 is 1.00 bits per heavy atom. The quantitative estimate of drug-likeness (QED) is 0.338. The van der Waals surface area contributed by atoms with E-state index in [0.29, 0.717) is 0 Å². The summed E-state index contributed by atoms with van der Waals surface area (Å²) in [7, 11) is 0. The number of hydrogen-bond donors (Lipinski definition) is 0. The van der Waals surface area contributed by atoms with E-state index in [9.17, 15) is 4.79 Å². The summed E-state index contributed by atoms with van der Waals surface area (Å²) in [6.45, 7) is 0. The molecule has 7 heteroatoms. The van der Waals surface area contributed by atoms with Crippen molar-refractivity contribution < 1.29 is 0 Å². The van der Waals surface area contributed by atoms with Gasteiger partial charge in [0, 0.05) is 20.4 Å². The molecule has 0 saturated heterocycles. The summed E-state index contributed by atoms with van der Waals surface area (Å²) in [5.74, 6) is 2.20. The molecule has 1 nitrogen and oxygen atoms in total. The second-order valence-corrected chi connectivity index (χ2v) is 9.21. The van der Waals surface area contributed by atoms with Gasteiger partial charge in [-0.2, -0.15) is 0 Å². The number of hydrogen-bond acceptors (Lipinski definition) is 5. The third-order valence-electron chi connectivity index (χ3n) is 1.14. The van der Waals surface area contributed by atoms with Gasteiger partial charge < -0.3 is 0 Å². The van der Waals surface area contributed by atoms with Crippen LogP contribution < -0.4 is 4.06 Å². The highest BCUT2D eigenvalue weighted by Gasteiger charge is 2.09. The monoisotopic (exact) mass is 490 g/mol. The van der Waals surface area contributed by atoms with Crippen LogP contribution in [-0.4, -0.2) is 20.4 Å². The van der Waals surface area contributed by atoms with E-state index in [2.05, 4.69) is 45.2 Å². The van der Waals surface area contributed by atoms with Gasteiger partial charge in [-0.05, 0) is 0 Å². The van der Waals surface area contributed by atoms with E-state index in [4.69, 9.17) is 0 Å². The minimum absolute atomic E-state index is 0.233. The van der Waals surface area contributed by atoms with E-state index < -0.39 is 0 Å². The highest BCUT2D eigenvalue weighted by Crippen LogP contribution is 2.36. The van der Waals surface area contributed by atoms with Crippen molar-refractivity contribution in [1.82, 2.24) is 0 Å². The van der Waals surface area contributed by atoms with Gasteiger partial charge in [0.05, 0.1) is 8.42 Å². The summed E-state index contributed by atoms with van der Waals surface area (Å²) in [5, 5.41) is 0. The zero-order valence-electron chi connectivity index (χ0n) is 7.13. The molecule has 0 bridgehead atoms. The van der Waals surface area contributed by atoms with Crippen molar-refractivity contribution in [2.75, 3.05) is 20.4 Å². The largest absolute Gasteiger partial charge is 0.289 e. The molecular weight excluding hydrogens is 482 g/mol. The van der Waals surface area contributed by atoms with Crippen molar-refractivity contribution in [3.8, 4) is 0 Å². The number of halogens is 2. The SMILES string of the molecule is O=c1sc(SCCI)c(SCCI)s1. The third-order valence-corrected chi connectivity index (χ3v) is 8.77. The Labute approximate surface area is 127 Å². The van der Waals surface area contributed by atoms with Gasteiger partial charge in [-0.15, -0.1) is 23.5 Å². The lowest BCUT2D eigenvalue weighted by molar-refractivity contribution is 1.47. The fourth-order valence-corrected chi connectivity index (χ4v) is 6.86. The minimum atomic E-state index is 0.233. The Morgan fingerprint density at radius 3 is 1.79 bits per heavy atom. The summed E-state index contributed by atoms with van der Waals surface area (Å²) in [6, 6.07) is 0. The molecule has 0 radical (unpaired) electrons. The zero-order valence-corrected chi connectivity index (χ0v) is 14.7. The van der Waals surface area contributed by atoms with Crippen LogP contribution in [0.1, 0.15) is 0 Å². The minimum Gasteiger partial charge on any atom is -0.265 e. The number of rotatable bonds is 6. The summed E-state index contributed by atoms with van der Waals surface area (Å²) >= 11 is 11.2. The molecular formula is C7H8I2OS4. The standard InChI is InChI=1S/C7H8I2OS4/c8-1-3-11-5-6(12-4-2-9)14-7(10)13-5/h1-4H2. The maximum absolute atomic E-state index is 11.2. The van der Waals surface area contributed by atoms with E-state index in [1.807, 2.05) is 23.5 Å². The van der Waals surface area contributed by atoms with Crippen molar-refractivity contribution in [3.05, 3.63) is 8.85 Å². The lowest BCUT2D eigenvalue weighted by Crippen LogP contribution is -1.79. The van der Waals surface area contributed by atoms with Gasteiger partial charge in [0.1, 0.15) is 0 Å². The highest BCUT2D eigenvalue weighted by atomic mass is 127. The van der Waals surface area contributed by atoms with E-state index in [0.717, 1.165) is 20.4 Å². The van der Waals surface area contributed by atoms with Gasteiger partial charge in [-0.25, -0.2) is 0 Å². The molecule has 1 aromatic rings. The molecule has 0 spiro atoms. The van der Waals surface area contributed by atoms with Crippen LogP contribution in [0.5, 0.6) is 0 Å². The molecule has 80 valence electrons. The summed E-state index contributed by atoms with van der Waals surface area (Å²) < 4.78 is 4.96. The fourth-order valence-electron chi connectivity index (χ4n) is 0.695. The predicted octanol–water partition coefficient (Wildman–Crippen LogP) is 4.22. The van der Waals surface area contributed by atoms with Crippen LogP contribution in [-0.2, 0) is 0 Å². The summed E-state index contributed by atoms with van der Waals surface area (Å²) in [5.41, 5.74) is 0. The first-order valence-electron chi connectivity index (χ1n) is 3.79.